The van der Waals surface area contributed by atoms with Gasteiger partial charge in [-0.05, 0) is 25.5 Å². The minimum Gasteiger partial charge on any atom is -0.508 e. The van der Waals surface area contributed by atoms with Crippen molar-refractivity contribution < 1.29 is 9.84 Å². The number of rotatable bonds is 6. The maximum atomic E-state index is 9.63. The molecular weight excluding hydrogens is 226 g/mol. The molecule has 1 rings (SSSR count). The van der Waals surface area contributed by atoms with Gasteiger partial charge in [0.2, 0.25) is 0 Å². The Morgan fingerprint density at radius 1 is 1.50 bits per heavy atom. The van der Waals surface area contributed by atoms with Gasteiger partial charge in [-0.15, -0.1) is 0 Å². The Kier molecular flexibility index (Phi) is 5.60. The lowest BCUT2D eigenvalue weighted by Gasteiger charge is -2.14. The van der Waals surface area contributed by atoms with Gasteiger partial charge in [-0.25, -0.2) is 0 Å². The maximum absolute atomic E-state index is 9.63. The number of aromatic hydroxyl groups is 1. The second kappa shape index (κ2) is 6.74. The average molecular weight is 244 g/mol. The van der Waals surface area contributed by atoms with E-state index in [0.717, 1.165) is 18.6 Å². The van der Waals surface area contributed by atoms with Crippen LogP contribution in [0.15, 0.2) is 18.2 Å². The predicted molar refractivity (Wildman–Crippen MR) is 65.9 cm³/mol. The van der Waals surface area contributed by atoms with Crippen LogP contribution in [0.5, 0.6) is 5.75 Å². The fraction of sp³-hybridized carbons (Fsp3) is 0.500. The quantitative estimate of drug-likeness (QED) is 0.807. The van der Waals surface area contributed by atoms with Crippen molar-refractivity contribution in [2.45, 2.75) is 25.9 Å². The standard InChI is InChI=1S/C12H18ClNO2/c1-9(6-7-16-2)14-8-10-11(13)4-3-5-12(10)15/h3-5,9,14-15H,6-8H2,1-2H3. The fourth-order valence-corrected chi connectivity index (χ4v) is 1.63. The summed E-state index contributed by atoms with van der Waals surface area (Å²) in [6.45, 7) is 3.37. The molecule has 1 aromatic carbocycles. The van der Waals surface area contributed by atoms with E-state index >= 15 is 0 Å². The van der Waals surface area contributed by atoms with E-state index in [-0.39, 0.29) is 5.75 Å². The highest BCUT2D eigenvalue weighted by Crippen LogP contribution is 2.24. The summed E-state index contributed by atoms with van der Waals surface area (Å²) in [5.41, 5.74) is 0.744. The minimum absolute atomic E-state index is 0.235. The van der Waals surface area contributed by atoms with Crippen molar-refractivity contribution in [2.24, 2.45) is 0 Å². The molecule has 1 unspecified atom stereocenters. The van der Waals surface area contributed by atoms with Crippen LogP contribution in [-0.4, -0.2) is 24.9 Å². The predicted octanol–water partition coefficient (Wildman–Crippen LogP) is 2.56. The molecule has 90 valence electrons. The van der Waals surface area contributed by atoms with Crippen molar-refractivity contribution in [3.8, 4) is 5.75 Å². The third kappa shape index (κ3) is 4.00. The van der Waals surface area contributed by atoms with E-state index in [4.69, 9.17) is 16.3 Å². The third-order valence-electron chi connectivity index (χ3n) is 2.48. The summed E-state index contributed by atoms with van der Waals surface area (Å²) in [6, 6.07) is 5.48. The van der Waals surface area contributed by atoms with Crippen LogP contribution in [0.4, 0.5) is 0 Å². The molecule has 1 aromatic rings. The number of ether oxygens (including phenoxy) is 1. The van der Waals surface area contributed by atoms with Gasteiger partial charge in [0, 0.05) is 36.9 Å². The molecule has 2 N–H and O–H groups in total. The van der Waals surface area contributed by atoms with Crippen molar-refractivity contribution in [1.82, 2.24) is 5.32 Å². The number of hydrogen-bond donors (Lipinski definition) is 2. The summed E-state index contributed by atoms with van der Waals surface area (Å²) in [4.78, 5) is 0. The van der Waals surface area contributed by atoms with Gasteiger partial charge >= 0.3 is 0 Å². The van der Waals surface area contributed by atoms with Gasteiger partial charge in [-0.1, -0.05) is 17.7 Å². The first kappa shape index (κ1) is 13.3. The molecule has 0 aliphatic rings. The van der Waals surface area contributed by atoms with Gasteiger partial charge in [0.1, 0.15) is 5.75 Å². The molecule has 0 saturated carbocycles. The third-order valence-corrected chi connectivity index (χ3v) is 2.83. The van der Waals surface area contributed by atoms with Gasteiger partial charge in [0.15, 0.2) is 0 Å². The van der Waals surface area contributed by atoms with Crippen molar-refractivity contribution in [3.63, 3.8) is 0 Å². The second-order valence-corrected chi connectivity index (χ2v) is 4.21. The fourth-order valence-electron chi connectivity index (χ4n) is 1.40. The van der Waals surface area contributed by atoms with Crippen LogP contribution in [0.1, 0.15) is 18.9 Å². The topological polar surface area (TPSA) is 41.5 Å². The van der Waals surface area contributed by atoms with Gasteiger partial charge in [-0.2, -0.15) is 0 Å². The van der Waals surface area contributed by atoms with E-state index in [1.54, 1.807) is 25.3 Å². The zero-order valence-electron chi connectivity index (χ0n) is 9.66. The molecule has 0 radical (unpaired) electrons. The normalized spacial score (nSPS) is 12.7. The molecule has 0 fully saturated rings. The van der Waals surface area contributed by atoms with Gasteiger partial charge in [-0.3, -0.25) is 0 Å². The van der Waals surface area contributed by atoms with Crippen molar-refractivity contribution >= 4 is 11.6 Å². The van der Waals surface area contributed by atoms with Gasteiger partial charge in [0.25, 0.3) is 0 Å². The summed E-state index contributed by atoms with van der Waals surface area (Å²) < 4.78 is 5.00. The molecule has 0 heterocycles. The zero-order valence-corrected chi connectivity index (χ0v) is 10.4. The Labute approximate surface area is 101 Å². The Morgan fingerprint density at radius 2 is 2.25 bits per heavy atom. The van der Waals surface area contributed by atoms with Gasteiger partial charge in [0.05, 0.1) is 0 Å². The van der Waals surface area contributed by atoms with Crippen LogP contribution in [0.2, 0.25) is 5.02 Å². The molecule has 0 bridgehead atoms. The zero-order chi connectivity index (χ0) is 12.0. The number of phenolic OH excluding ortho intramolecular Hbond substituents is 1. The molecule has 0 aliphatic heterocycles. The number of benzene rings is 1. The van der Waals surface area contributed by atoms with Crippen molar-refractivity contribution in [1.29, 1.82) is 0 Å². The molecule has 0 amide bonds. The summed E-state index contributed by atoms with van der Waals surface area (Å²) in [5.74, 6) is 0.235. The highest BCUT2D eigenvalue weighted by atomic mass is 35.5. The van der Waals surface area contributed by atoms with Crippen LogP contribution >= 0.6 is 11.6 Å². The largest absolute Gasteiger partial charge is 0.508 e. The molecule has 0 aromatic heterocycles. The summed E-state index contributed by atoms with van der Waals surface area (Å²) in [7, 11) is 1.69. The molecule has 1 atom stereocenters. The number of methoxy groups -OCH3 is 1. The lowest BCUT2D eigenvalue weighted by molar-refractivity contribution is 0.184. The molecule has 3 nitrogen and oxygen atoms in total. The molecular formula is C12H18ClNO2. The Morgan fingerprint density at radius 3 is 2.88 bits per heavy atom. The molecule has 0 saturated heterocycles. The minimum atomic E-state index is 0.235. The summed E-state index contributed by atoms with van der Waals surface area (Å²) >= 11 is 5.99. The highest BCUT2D eigenvalue weighted by Gasteiger charge is 2.07. The van der Waals surface area contributed by atoms with Crippen molar-refractivity contribution in [2.75, 3.05) is 13.7 Å². The Balaban J connectivity index is 2.48. The van der Waals surface area contributed by atoms with E-state index in [9.17, 15) is 5.11 Å². The molecule has 4 heteroatoms. The SMILES string of the molecule is COCCC(C)NCc1c(O)cccc1Cl. The second-order valence-electron chi connectivity index (χ2n) is 3.80. The number of halogens is 1. The summed E-state index contributed by atoms with van der Waals surface area (Å²) in [5, 5.41) is 13.5. The van der Waals surface area contributed by atoms with Crippen molar-refractivity contribution in [3.05, 3.63) is 28.8 Å². The first-order valence-electron chi connectivity index (χ1n) is 5.33. The van der Waals surface area contributed by atoms with Crippen LogP contribution < -0.4 is 5.32 Å². The van der Waals surface area contributed by atoms with Crippen LogP contribution in [0.3, 0.4) is 0 Å². The van der Waals surface area contributed by atoms with E-state index < -0.39 is 0 Å². The van der Waals surface area contributed by atoms with E-state index in [0.29, 0.717) is 17.6 Å². The molecule has 0 aliphatic carbocycles. The summed E-state index contributed by atoms with van der Waals surface area (Å²) in [6.07, 6.45) is 0.932. The Hall–Kier alpha value is -0.770. The van der Waals surface area contributed by atoms with E-state index in [1.807, 2.05) is 0 Å². The van der Waals surface area contributed by atoms with Crippen LogP contribution in [0.25, 0.3) is 0 Å². The number of nitrogens with one attached hydrogen (secondary N) is 1. The first-order valence-corrected chi connectivity index (χ1v) is 5.71. The maximum Gasteiger partial charge on any atom is 0.121 e. The lowest BCUT2D eigenvalue weighted by atomic mass is 10.1. The van der Waals surface area contributed by atoms with E-state index in [1.165, 1.54) is 0 Å². The smallest absolute Gasteiger partial charge is 0.121 e. The first-order chi connectivity index (χ1) is 7.65. The molecule has 16 heavy (non-hydrogen) atoms. The van der Waals surface area contributed by atoms with Gasteiger partial charge < -0.3 is 15.2 Å². The van der Waals surface area contributed by atoms with E-state index in [2.05, 4.69) is 12.2 Å². The molecule has 0 spiro atoms. The number of phenols is 1. The average Bonchev–Trinajstić information content (AvgIpc) is 2.25. The Bertz CT molecular complexity index is 311. The van der Waals surface area contributed by atoms with Crippen LogP contribution in [-0.2, 0) is 11.3 Å². The number of hydrogen-bond acceptors (Lipinski definition) is 3. The van der Waals surface area contributed by atoms with Crippen LogP contribution in [0, 0.1) is 0 Å². The highest BCUT2D eigenvalue weighted by molar-refractivity contribution is 6.31. The monoisotopic (exact) mass is 243 g/mol. The lowest BCUT2D eigenvalue weighted by Crippen LogP contribution is -2.26.